The standard InChI is InChI=1S/C13H16F2N2S/c1-13(3-2-4-13)7-17-11-9(14)5-8(12(16)18)6-10(11)15/h5-6,17H,2-4,7H2,1H3,(H2,16,18). The molecule has 2 nitrogen and oxygen atoms in total. The van der Waals surface area contributed by atoms with Crippen LogP contribution in [-0.2, 0) is 0 Å². The molecule has 0 heterocycles. The second-order valence-corrected chi connectivity index (χ2v) is 5.64. The van der Waals surface area contributed by atoms with Crippen molar-refractivity contribution in [1.29, 1.82) is 0 Å². The Kier molecular flexibility index (Phi) is 3.52. The number of rotatable bonds is 4. The molecule has 0 bridgehead atoms. The van der Waals surface area contributed by atoms with Crippen molar-refractivity contribution in [2.45, 2.75) is 26.2 Å². The first-order valence-electron chi connectivity index (χ1n) is 5.94. The highest BCUT2D eigenvalue weighted by molar-refractivity contribution is 7.80. The summed E-state index contributed by atoms with van der Waals surface area (Å²) in [6, 6.07) is 2.33. The molecule has 0 aliphatic heterocycles. The Labute approximate surface area is 111 Å². The molecule has 18 heavy (non-hydrogen) atoms. The molecule has 1 aliphatic rings. The van der Waals surface area contributed by atoms with E-state index in [4.69, 9.17) is 18.0 Å². The van der Waals surface area contributed by atoms with Gasteiger partial charge in [-0.2, -0.15) is 0 Å². The van der Waals surface area contributed by atoms with Crippen LogP contribution in [0.4, 0.5) is 14.5 Å². The minimum absolute atomic E-state index is 0.00898. The Morgan fingerprint density at radius 2 is 1.94 bits per heavy atom. The zero-order chi connectivity index (χ0) is 13.3. The van der Waals surface area contributed by atoms with Crippen LogP contribution in [-0.4, -0.2) is 11.5 Å². The van der Waals surface area contributed by atoms with Crippen LogP contribution in [0.5, 0.6) is 0 Å². The van der Waals surface area contributed by atoms with E-state index in [1.807, 2.05) is 0 Å². The molecular formula is C13H16F2N2S. The van der Waals surface area contributed by atoms with E-state index in [-0.39, 0.29) is 21.7 Å². The van der Waals surface area contributed by atoms with E-state index in [1.54, 1.807) is 0 Å². The second-order valence-electron chi connectivity index (χ2n) is 5.20. The van der Waals surface area contributed by atoms with E-state index < -0.39 is 11.6 Å². The fraction of sp³-hybridized carbons (Fsp3) is 0.462. The SMILES string of the molecule is CC1(CNc2c(F)cc(C(N)=S)cc2F)CCC1. The molecule has 5 heteroatoms. The van der Waals surface area contributed by atoms with E-state index in [0.29, 0.717) is 6.54 Å². The lowest BCUT2D eigenvalue weighted by Crippen LogP contribution is -2.33. The number of halogens is 2. The number of nitrogens with one attached hydrogen (secondary N) is 1. The Morgan fingerprint density at radius 3 is 2.33 bits per heavy atom. The highest BCUT2D eigenvalue weighted by Crippen LogP contribution is 2.40. The molecule has 0 unspecified atom stereocenters. The minimum atomic E-state index is -0.652. The molecule has 1 saturated carbocycles. The molecule has 0 amide bonds. The Bertz CT molecular complexity index is 461. The summed E-state index contributed by atoms with van der Waals surface area (Å²) in [5, 5.41) is 2.86. The molecule has 2 rings (SSSR count). The normalized spacial score (nSPS) is 17.1. The summed E-state index contributed by atoms with van der Waals surface area (Å²) in [5.41, 5.74) is 5.62. The molecule has 3 N–H and O–H groups in total. The van der Waals surface area contributed by atoms with Crippen LogP contribution in [0.15, 0.2) is 12.1 Å². The molecule has 0 spiro atoms. The van der Waals surface area contributed by atoms with Crippen LogP contribution < -0.4 is 11.1 Å². The van der Waals surface area contributed by atoms with Crippen molar-refractivity contribution in [3.8, 4) is 0 Å². The van der Waals surface area contributed by atoms with Crippen LogP contribution in [0.1, 0.15) is 31.7 Å². The summed E-state index contributed by atoms with van der Waals surface area (Å²) in [7, 11) is 0. The van der Waals surface area contributed by atoms with Gasteiger partial charge in [-0.3, -0.25) is 0 Å². The van der Waals surface area contributed by atoms with Crippen molar-refractivity contribution in [1.82, 2.24) is 0 Å². The maximum atomic E-state index is 13.8. The summed E-state index contributed by atoms with van der Waals surface area (Å²) in [4.78, 5) is -0.00898. The number of benzene rings is 1. The average Bonchev–Trinajstić information content (AvgIpc) is 2.25. The topological polar surface area (TPSA) is 38.0 Å². The Hall–Kier alpha value is -1.23. The smallest absolute Gasteiger partial charge is 0.150 e. The van der Waals surface area contributed by atoms with Gasteiger partial charge in [0.1, 0.15) is 22.3 Å². The van der Waals surface area contributed by atoms with Gasteiger partial charge >= 0.3 is 0 Å². The van der Waals surface area contributed by atoms with Gasteiger partial charge in [0.25, 0.3) is 0 Å². The maximum absolute atomic E-state index is 13.8. The van der Waals surface area contributed by atoms with Gasteiger partial charge in [0.05, 0.1) is 0 Å². The fourth-order valence-corrected chi connectivity index (χ4v) is 2.26. The average molecular weight is 270 g/mol. The molecule has 0 atom stereocenters. The van der Waals surface area contributed by atoms with Gasteiger partial charge < -0.3 is 11.1 Å². The molecular weight excluding hydrogens is 254 g/mol. The number of thiocarbonyl (C=S) groups is 1. The molecule has 0 saturated heterocycles. The first kappa shape index (κ1) is 13.2. The summed E-state index contributed by atoms with van der Waals surface area (Å²) >= 11 is 4.70. The summed E-state index contributed by atoms with van der Waals surface area (Å²) in [6.07, 6.45) is 3.37. The van der Waals surface area contributed by atoms with Gasteiger partial charge in [0, 0.05) is 12.1 Å². The van der Waals surface area contributed by atoms with Crippen molar-refractivity contribution in [3.05, 3.63) is 29.3 Å². The maximum Gasteiger partial charge on any atom is 0.150 e. The van der Waals surface area contributed by atoms with Gasteiger partial charge in [-0.15, -0.1) is 0 Å². The molecule has 1 fully saturated rings. The van der Waals surface area contributed by atoms with Crippen molar-refractivity contribution in [3.63, 3.8) is 0 Å². The zero-order valence-corrected chi connectivity index (χ0v) is 11.0. The number of nitrogens with two attached hydrogens (primary N) is 1. The van der Waals surface area contributed by atoms with Crippen molar-refractivity contribution < 1.29 is 8.78 Å². The third-order valence-electron chi connectivity index (χ3n) is 3.58. The lowest BCUT2D eigenvalue weighted by atomic mass is 9.70. The molecule has 1 aromatic carbocycles. The number of anilines is 1. The monoisotopic (exact) mass is 270 g/mol. The van der Waals surface area contributed by atoms with Gasteiger partial charge in [-0.25, -0.2) is 8.78 Å². The molecule has 1 aliphatic carbocycles. The summed E-state index contributed by atoms with van der Waals surface area (Å²) in [5.74, 6) is -1.30. The van der Waals surface area contributed by atoms with E-state index in [9.17, 15) is 8.78 Å². The third-order valence-corrected chi connectivity index (χ3v) is 3.81. The van der Waals surface area contributed by atoms with Crippen LogP contribution >= 0.6 is 12.2 Å². The minimum Gasteiger partial charge on any atom is -0.389 e. The lowest BCUT2D eigenvalue weighted by Gasteiger charge is -2.38. The van der Waals surface area contributed by atoms with E-state index in [0.717, 1.165) is 25.0 Å². The van der Waals surface area contributed by atoms with Gasteiger partial charge in [0.2, 0.25) is 0 Å². The van der Waals surface area contributed by atoms with Crippen LogP contribution in [0.2, 0.25) is 0 Å². The third kappa shape index (κ3) is 2.61. The first-order valence-corrected chi connectivity index (χ1v) is 6.35. The highest BCUT2D eigenvalue weighted by Gasteiger charge is 2.31. The van der Waals surface area contributed by atoms with Gasteiger partial charge in [0.15, 0.2) is 0 Å². The van der Waals surface area contributed by atoms with Crippen molar-refractivity contribution in [2.24, 2.45) is 11.1 Å². The largest absolute Gasteiger partial charge is 0.389 e. The van der Waals surface area contributed by atoms with E-state index in [2.05, 4.69) is 12.2 Å². The van der Waals surface area contributed by atoms with Crippen molar-refractivity contribution in [2.75, 3.05) is 11.9 Å². The quantitative estimate of drug-likeness (QED) is 0.825. The Morgan fingerprint density at radius 1 is 1.39 bits per heavy atom. The number of hydrogen-bond donors (Lipinski definition) is 2. The van der Waals surface area contributed by atoms with E-state index >= 15 is 0 Å². The lowest BCUT2D eigenvalue weighted by molar-refractivity contribution is 0.179. The van der Waals surface area contributed by atoms with E-state index in [1.165, 1.54) is 6.42 Å². The number of hydrogen-bond acceptors (Lipinski definition) is 2. The molecule has 0 aromatic heterocycles. The first-order chi connectivity index (χ1) is 8.41. The highest BCUT2D eigenvalue weighted by atomic mass is 32.1. The van der Waals surface area contributed by atoms with Crippen LogP contribution in [0.3, 0.4) is 0 Å². The van der Waals surface area contributed by atoms with Crippen LogP contribution in [0, 0.1) is 17.0 Å². The second kappa shape index (κ2) is 4.80. The molecule has 98 valence electrons. The summed E-state index contributed by atoms with van der Waals surface area (Å²) < 4.78 is 27.5. The van der Waals surface area contributed by atoms with Crippen LogP contribution in [0.25, 0.3) is 0 Å². The van der Waals surface area contributed by atoms with Gasteiger partial charge in [-0.1, -0.05) is 25.6 Å². The van der Waals surface area contributed by atoms with Gasteiger partial charge in [-0.05, 0) is 30.4 Å². The molecule has 0 radical (unpaired) electrons. The van der Waals surface area contributed by atoms with Crippen molar-refractivity contribution >= 4 is 22.9 Å². The predicted octanol–water partition coefficient (Wildman–Crippen LogP) is 3.20. The summed E-state index contributed by atoms with van der Waals surface area (Å²) in [6.45, 7) is 2.69. The Balaban J connectivity index is 2.15. The predicted molar refractivity (Wildman–Crippen MR) is 72.7 cm³/mol. The zero-order valence-electron chi connectivity index (χ0n) is 10.2. The molecule has 1 aromatic rings. The fourth-order valence-electron chi connectivity index (χ4n) is 2.14.